The number of fused-ring (bicyclic) bond motifs is 1. The Morgan fingerprint density at radius 1 is 1.15 bits per heavy atom. The second kappa shape index (κ2) is 8.64. The molecule has 0 spiro atoms. The fourth-order valence-electron chi connectivity index (χ4n) is 2.55. The number of rotatable bonds is 6. The summed E-state index contributed by atoms with van der Waals surface area (Å²) in [6.45, 7) is 2.24. The fourth-order valence-corrected chi connectivity index (χ4v) is 3.69. The molecule has 0 unspecified atom stereocenters. The third kappa shape index (κ3) is 4.83. The molecule has 1 amide bonds. The van der Waals surface area contributed by atoms with E-state index >= 15 is 0 Å². The molecule has 2 aromatic carbocycles. The average Bonchev–Trinajstić information content (AvgIpc) is 2.98. The summed E-state index contributed by atoms with van der Waals surface area (Å²) in [7, 11) is 1.34. The molecule has 1 aromatic heterocycles. The van der Waals surface area contributed by atoms with E-state index in [1.165, 1.54) is 18.4 Å². The molecule has 0 N–H and O–H groups in total. The molecule has 1 heterocycles. The third-order valence-electron chi connectivity index (χ3n) is 3.90. The van der Waals surface area contributed by atoms with Gasteiger partial charge in [0.15, 0.2) is 4.80 Å². The van der Waals surface area contributed by atoms with Gasteiger partial charge < -0.3 is 14.0 Å². The zero-order chi connectivity index (χ0) is 19.2. The highest BCUT2D eigenvalue weighted by molar-refractivity contribution is 7.16. The zero-order valence-corrected chi connectivity index (χ0v) is 16.0. The Balaban J connectivity index is 1.81. The van der Waals surface area contributed by atoms with Gasteiger partial charge in [0.25, 0.3) is 5.91 Å². The van der Waals surface area contributed by atoms with Gasteiger partial charge in [0.05, 0.1) is 30.4 Å². The van der Waals surface area contributed by atoms with Crippen LogP contribution in [0.15, 0.2) is 53.5 Å². The summed E-state index contributed by atoms with van der Waals surface area (Å²) in [4.78, 5) is 28.7. The number of ether oxygens (including phenoxy) is 2. The molecule has 6 nitrogen and oxygen atoms in total. The topological polar surface area (TPSA) is 69.9 Å². The van der Waals surface area contributed by atoms with Gasteiger partial charge in [-0.25, -0.2) is 0 Å². The van der Waals surface area contributed by atoms with Gasteiger partial charge in [-0.2, -0.15) is 4.99 Å². The summed E-state index contributed by atoms with van der Waals surface area (Å²) in [6.07, 6.45) is 0.153. The van der Waals surface area contributed by atoms with E-state index in [9.17, 15) is 9.59 Å². The molecule has 0 saturated heterocycles. The smallest absolute Gasteiger partial charge is 0.325 e. The minimum atomic E-state index is -0.392. The fraction of sp³-hybridized carbons (Fsp3) is 0.250. The first kappa shape index (κ1) is 18.8. The number of nitrogens with zero attached hydrogens (tertiary/aromatic N) is 2. The summed E-state index contributed by atoms with van der Waals surface area (Å²) in [5.74, 6) is 0.0211. The van der Waals surface area contributed by atoms with E-state index in [0.717, 1.165) is 15.8 Å². The first-order valence-electron chi connectivity index (χ1n) is 8.49. The number of aryl methyl sites for hydroxylation is 1. The molecule has 0 aliphatic carbocycles. The van der Waals surface area contributed by atoms with E-state index in [1.807, 2.05) is 55.5 Å². The van der Waals surface area contributed by atoms with Crippen LogP contribution < -0.4 is 9.54 Å². The molecule has 140 valence electrons. The molecule has 3 rings (SSSR count). The number of hydrogen-bond acceptors (Lipinski definition) is 5. The van der Waals surface area contributed by atoms with Crippen molar-refractivity contribution in [3.63, 3.8) is 0 Å². The van der Waals surface area contributed by atoms with E-state index in [2.05, 4.69) is 4.99 Å². The van der Waals surface area contributed by atoms with Gasteiger partial charge in [-0.1, -0.05) is 35.6 Å². The Labute approximate surface area is 160 Å². The molecule has 0 bridgehead atoms. The summed E-state index contributed by atoms with van der Waals surface area (Å²) in [5.41, 5.74) is 1.95. The number of methoxy groups -OCH3 is 1. The number of carbonyl (C=O) groups is 2. The number of carbonyl (C=O) groups excluding carboxylic acids is 2. The lowest BCUT2D eigenvalue weighted by Crippen LogP contribution is -2.22. The molecule has 7 heteroatoms. The molecule has 0 radical (unpaired) electrons. The van der Waals surface area contributed by atoms with Crippen molar-refractivity contribution < 1.29 is 19.1 Å². The highest BCUT2D eigenvalue weighted by atomic mass is 32.1. The van der Waals surface area contributed by atoms with Gasteiger partial charge in [0.1, 0.15) is 12.3 Å². The van der Waals surface area contributed by atoms with Gasteiger partial charge in [-0.05, 0) is 36.8 Å². The highest BCUT2D eigenvalue weighted by Crippen LogP contribution is 2.19. The second-order valence-electron chi connectivity index (χ2n) is 5.94. The molecule has 0 aliphatic heterocycles. The number of hydrogen-bond donors (Lipinski definition) is 0. The van der Waals surface area contributed by atoms with E-state index in [0.29, 0.717) is 10.6 Å². The highest BCUT2D eigenvalue weighted by Gasteiger charge is 2.12. The number of aromatic nitrogens is 1. The van der Waals surface area contributed by atoms with Gasteiger partial charge in [-0.3, -0.25) is 9.59 Å². The van der Waals surface area contributed by atoms with E-state index in [4.69, 9.17) is 9.47 Å². The Hall–Kier alpha value is -2.93. The van der Waals surface area contributed by atoms with Gasteiger partial charge in [-0.15, -0.1) is 0 Å². The van der Waals surface area contributed by atoms with Crippen LogP contribution in [0.3, 0.4) is 0 Å². The lowest BCUT2D eigenvalue weighted by molar-refractivity contribution is -0.141. The van der Waals surface area contributed by atoms with Crippen molar-refractivity contribution in [2.24, 2.45) is 4.99 Å². The Kier molecular flexibility index (Phi) is 6.03. The van der Waals surface area contributed by atoms with Crippen molar-refractivity contribution in [3.8, 4) is 5.75 Å². The van der Waals surface area contributed by atoms with E-state index < -0.39 is 5.97 Å². The Morgan fingerprint density at radius 2 is 1.93 bits per heavy atom. The van der Waals surface area contributed by atoms with Crippen LogP contribution in [0.5, 0.6) is 5.75 Å². The van der Waals surface area contributed by atoms with Crippen molar-refractivity contribution in [1.82, 2.24) is 4.57 Å². The van der Waals surface area contributed by atoms with Crippen molar-refractivity contribution in [2.45, 2.75) is 19.9 Å². The largest absolute Gasteiger partial charge is 0.493 e. The summed E-state index contributed by atoms with van der Waals surface area (Å²) in [5, 5.41) is 0. The SMILES string of the molecule is COC(=O)Cn1c(=NC(=O)CCOc2ccccc2)sc2cc(C)ccc21. The van der Waals surface area contributed by atoms with Crippen molar-refractivity contribution in [2.75, 3.05) is 13.7 Å². The molecule has 27 heavy (non-hydrogen) atoms. The first-order chi connectivity index (χ1) is 13.1. The number of esters is 1. The quantitative estimate of drug-likeness (QED) is 0.613. The summed E-state index contributed by atoms with van der Waals surface area (Å²) < 4.78 is 13.0. The summed E-state index contributed by atoms with van der Waals surface area (Å²) in [6, 6.07) is 15.2. The molecule has 0 aliphatic rings. The van der Waals surface area contributed by atoms with Crippen LogP contribution in [0.25, 0.3) is 10.2 Å². The van der Waals surface area contributed by atoms with Crippen LogP contribution in [0, 0.1) is 6.92 Å². The first-order valence-corrected chi connectivity index (χ1v) is 9.30. The van der Waals surface area contributed by atoms with Crippen LogP contribution in [0.4, 0.5) is 0 Å². The number of amides is 1. The molecule has 0 fully saturated rings. The number of para-hydroxylation sites is 1. The number of thiazole rings is 1. The van der Waals surface area contributed by atoms with Gasteiger partial charge >= 0.3 is 5.97 Å². The predicted molar refractivity (Wildman–Crippen MR) is 104 cm³/mol. The molecule has 3 aromatic rings. The van der Waals surface area contributed by atoms with E-state index in [1.54, 1.807) is 4.57 Å². The molecule has 0 saturated carbocycles. The van der Waals surface area contributed by atoms with Crippen LogP contribution in [-0.2, 0) is 20.9 Å². The Morgan fingerprint density at radius 3 is 2.67 bits per heavy atom. The van der Waals surface area contributed by atoms with Crippen molar-refractivity contribution >= 4 is 33.4 Å². The minimum absolute atomic E-state index is 0.00614. The average molecular weight is 384 g/mol. The van der Waals surface area contributed by atoms with Crippen LogP contribution in [-0.4, -0.2) is 30.2 Å². The minimum Gasteiger partial charge on any atom is -0.493 e. The molecule has 0 atom stereocenters. The monoisotopic (exact) mass is 384 g/mol. The standard InChI is InChI=1S/C20H20N2O4S/c1-14-8-9-16-17(12-14)27-20(22(16)13-19(24)25-2)21-18(23)10-11-26-15-6-4-3-5-7-15/h3-9,12H,10-11,13H2,1-2H3. The lowest BCUT2D eigenvalue weighted by Gasteiger charge is -2.04. The van der Waals surface area contributed by atoms with Crippen LogP contribution in [0.2, 0.25) is 0 Å². The molecular weight excluding hydrogens is 364 g/mol. The maximum absolute atomic E-state index is 12.3. The Bertz CT molecular complexity index is 1020. The summed E-state index contributed by atoms with van der Waals surface area (Å²) >= 11 is 1.38. The van der Waals surface area contributed by atoms with Gasteiger partial charge in [0, 0.05) is 0 Å². The maximum atomic E-state index is 12.3. The van der Waals surface area contributed by atoms with Crippen molar-refractivity contribution in [3.05, 3.63) is 58.9 Å². The lowest BCUT2D eigenvalue weighted by atomic mass is 10.2. The van der Waals surface area contributed by atoms with Crippen LogP contribution >= 0.6 is 11.3 Å². The van der Waals surface area contributed by atoms with E-state index in [-0.39, 0.29) is 25.5 Å². The van der Waals surface area contributed by atoms with Crippen LogP contribution in [0.1, 0.15) is 12.0 Å². The van der Waals surface area contributed by atoms with Crippen molar-refractivity contribution in [1.29, 1.82) is 0 Å². The van der Waals surface area contributed by atoms with Gasteiger partial charge in [0.2, 0.25) is 0 Å². The maximum Gasteiger partial charge on any atom is 0.325 e. The second-order valence-corrected chi connectivity index (χ2v) is 6.94. The third-order valence-corrected chi connectivity index (χ3v) is 4.94. The normalized spacial score (nSPS) is 11.6. The zero-order valence-electron chi connectivity index (χ0n) is 15.2. The number of benzene rings is 2. The molecular formula is C20H20N2O4S. The predicted octanol–water partition coefficient (Wildman–Crippen LogP) is 3.08.